The van der Waals surface area contributed by atoms with Crippen LogP contribution in [-0.2, 0) is 4.79 Å². The van der Waals surface area contributed by atoms with Crippen molar-refractivity contribution in [1.29, 1.82) is 0 Å². The minimum Gasteiger partial charge on any atom is -0.494 e. The Labute approximate surface area is 145 Å². The third-order valence-corrected chi connectivity index (χ3v) is 3.80. The molecule has 2 aromatic rings. The highest BCUT2D eigenvalue weighted by Gasteiger charge is 2.31. The lowest BCUT2D eigenvalue weighted by atomic mass is 10.1. The van der Waals surface area contributed by atoms with E-state index in [0.29, 0.717) is 23.7 Å². The molecule has 0 radical (unpaired) electrons. The van der Waals surface area contributed by atoms with E-state index in [1.807, 2.05) is 6.92 Å². The first kappa shape index (κ1) is 16.7. The molecule has 6 heteroatoms. The van der Waals surface area contributed by atoms with Gasteiger partial charge in [-0.15, -0.1) is 0 Å². The Hall–Kier alpha value is -3.15. The Bertz CT molecular complexity index is 813. The molecule has 0 N–H and O–H groups in total. The summed E-state index contributed by atoms with van der Waals surface area (Å²) in [5.74, 6) is -0.401. The van der Waals surface area contributed by atoms with Gasteiger partial charge in [-0.05, 0) is 43.3 Å². The van der Waals surface area contributed by atoms with Gasteiger partial charge in [0.15, 0.2) is 12.4 Å². The third kappa shape index (κ3) is 3.52. The second-order valence-electron chi connectivity index (χ2n) is 5.45. The normalized spacial score (nSPS) is 13.7. The number of para-hydroxylation sites is 1. The maximum Gasteiger partial charge on any atom is 0.267 e. The molecule has 25 heavy (non-hydrogen) atoms. The number of hydrogen-bond acceptors (Lipinski definition) is 5. The number of hydrogen-bond donors (Lipinski definition) is 0. The van der Waals surface area contributed by atoms with Crippen LogP contribution in [0.15, 0.2) is 48.5 Å². The summed E-state index contributed by atoms with van der Waals surface area (Å²) in [6.07, 6.45) is 0. The zero-order valence-electron chi connectivity index (χ0n) is 13.7. The van der Waals surface area contributed by atoms with Crippen molar-refractivity contribution in [1.82, 2.24) is 4.90 Å². The Morgan fingerprint density at radius 2 is 1.84 bits per heavy atom. The minimum absolute atomic E-state index is 0.271. The van der Waals surface area contributed by atoms with Crippen molar-refractivity contribution < 1.29 is 23.9 Å². The lowest BCUT2D eigenvalue weighted by Gasteiger charge is -2.17. The van der Waals surface area contributed by atoms with Crippen molar-refractivity contribution >= 4 is 17.6 Å². The van der Waals surface area contributed by atoms with Gasteiger partial charge in [0.2, 0.25) is 0 Å². The summed E-state index contributed by atoms with van der Waals surface area (Å²) in [5.41, 5.74) is 0.676. The molecule has 0 spiro atoms. The van der Waals surface area contributed by atoms with E-state index in [4.69, 9.17) is 9.47 Å². The number of ether oxygens (including phenoxy) is 2. The molecule has 0 aromatic heterocycles. The number of carbonyl (C=O) groups excluding carboxylic acids is 3. The van der Waals surface area contributed by atoms with Crippen LogP contribution in [0.5, 0.6) is 11.5 Å². The molecule has 2 amide bonds. The molecular weight excluding hydrogens is 322 g/mol. The molecule has 0 unspecified atom stereocenters. The fraction of sp³-hybridized carbons (Fsp3) is 0.211. The van der Waals surface area contributed by atoms with Crippen molar-refractivity contribution in [3.8, 4) is 11.5 Å². The van der Waals surface area contributed by atoms with Crippen molar-refractivity contribution in [3.05, 3.63) is 59.7 Å². The molecule has 2 aromatic carbocycles. The number of ketones is 1. The highest BCUT2D eigenvalue weighted by Crippen LogP contribution is 2.23. The lowest BCUT2D eigenvalue weighted by molar-refractivity contribution is -0.129. The summed E-state index contributed by atoms with van der Waals surface area (Å²) in [7, 11) is 0. The first-order valence-corrected chi connectivity index (χ1v) is 7.92. The van der Waals surface area contributed by atoms with Crippen LogP contribution in [0.25, 0.3) is 0 Å². The van der Waals surface area contributed by atoms with Crippen molar-refractivity contribution in [3.63, 3.8) is 0 Å². The fourth-order valence-corrected chi connectivity index (χ4v) is 2.54. The first-order chi connectivity index (χ1) is 12.1. The van der Waals surface area contributed by atoms with Crippen LogP contribution in [0.1, 0.15) is 27.6 Å². The smallest absolute Gasteiger partial charge is 0.267 e. The van der Waals surface area contributed by atoms with E-state index in [0.717, 1.165) is 4.90 Å². The third-order valence-electron chi connectivity index (χ3n) is 3.80. The summed E-state index contributed by atoms with van der Waals surface area (Å²) >= 11 is 0. The molecule has 1 aliphatic rings. The van der Waals surface area contributed by atoms with Gasteiger partial charge in [0.1, 0.15) is 11.5 Å². The van der Waals surface area contributed by atoms with Gasteiger partial charge in [0.05, 0.1) is 18.7 Å². The number of imide groups is 1. The Morgan fingerprint density at radius 3 is 2.56 bits per heavy atom. The number of benzene rings is 2. The molecule has 6 nitrogen and oxygen atoms in total. The van der Waals surface area contributed by atoms with Gasteiger partial charge in [-0.1, -0.05) is 12.1 Å². The van der Waals surface area contributed by atoms with Gasteiger partial charge in [-0.2, -0.15) is 0 Å². The van der Waals surface area contributed by atoms with Crippen LogP contribution < -0.4 is 9.47 Å². The van der Waals surface area contributed by atoms with Gasteiger partial charge in [0, 0.05) is 5.56 Å². The highest BCUT2D eigenvalue weighted by atomic mass is 16.5. The molecule has 128 valence electrons. The zero-order chi connectivity index (χ0) is 17.8. The van der Waals surface area contributed by atoms with E-state index in [1.54, 1.807) is 48.5 Å². The molecular formula is C19H17NO5. The predicted molar refractivity (Wildman–Crippen MR) is 89.9 cm³/mol. The van der Waals surface area contributed by atoms with E-state index < -0.39 is 11.8 Å². The van der Waals surface area contributed by atoms with E-state index in [-0.39, 0.29) is 24.5 Å². The van der Waals surface area contributed by atoms with Crippen LogP contribution in [0.3, 0.4) is 0 Å². The topological polar surface area (TPSA) is 72.9 Å². The standard InChI is InChI=1S/C19H17NO5/c1-2-24-14-9-7-13(8-10-14)16(21)11-20-18(22)12-25-17-6-4-3-5-15(17)19(20)23/h3-10H,2,11-12H2,1H3. The van der Waals surface area contributed by atoms with Crippen LogP contribution in [-0.4, -0.2) is 42.3 Å². The minimum atomic E-state index is -0.541. The van der Waals surface area contributed by atoms with Gasteiger partial charge < -0.3 is 9.47 Å². The quantitative estimate of drug-likeness (QED) is 0.617. The second-order valence-corrected chi connectivity index (χ2v) is 5.45. The fourth-order valence-electron chi connectivity index (χ4n) is 2.54. The largest absolute Gasteiger partial charge is 0.494 e. The number of nitrogens with zero attached hydrogens (tertiary/aromatic N) is 1. The summed E-state index contributed by atoms with van der Waals surface area (Å²) in [6, 6.07) is 13.2. The molecule has 3 rings (SSSR count). The maximum absolute atomic E-state index is 12.6. The molecule has 0 saturated carbocycles. The molecule has 0 fully saturated rings. The Balaban J connectivity index is 1.79. The lowest BCUT2D eigenvalue weighted by Crippen LogP contribution is -2.41. The second kappa shape index (κ2) is 7.17. The maximum atomic E-state index is 12.6. The summed E-state index contributed by atoms with van der Waals surface area (Å²) in [4.78, 5) is 38.2. The number of amides is 2. The number of Topliss-reactive ketones (excluding diaryl/α,β-unsaturated/α-hetero) is 1. The monoisotopic (exact) mass is 339 g/mol. The van der Waals surface area contributed by atoms with Gasteiger partial charge in [-0.3, -0.25) is 19.3 Å². The molecule has 0 aliphatic carbocycles. The average Bonchev–Trinajstić information content (AvgIpc) is 2.75. The van der Waals surface area contributed by atoms with E-state index in [1.165, 1.54) is 0 Å². The van der Waals surface area contributed by atoms with Crippen LogP contribution in [0.4, 0.5) is 0 Å². The van der Waals surface area contributed by atoms with E-state index in [9.17, 15) is 14.4 Å². The van der Waals surface area contributed by atoms with Gasteiger partial charge in [-0.25, -0.2) is 0 Å². The summed E-state index contributed by atoms with van der Waals surface area (Å²) in [6.45, 7) is 1.79. The van der Waals surface area contributed by atoms with Crippen LogP contribution in [0, 0.1) is 0 Å². The summed E-state index contributed by atoms with van der Waals surface area (Å²) < 4.78 is 10.7. The highest BCUT2D eigenvalue weighted by molar-refractivity contribution is 6.11. The molecule has 1 heterocycles. The Morgan fingerprint density at radius 1 is 1.12 bits per heavy atom. The molecule has 0 bridgehead atoms. The first-order valence-electron chi connectivity index (χ1n) is 7.92. The average molecular weight is 339 g/mol. The molecule has 0 saturated heterocycles. The number of rotatable bonds is 5. The molecule has 0 atom stereocenters. The van der Waals surface area contributed by atoms with Crippen molar-refractivity contribution in [2.75, 3.05) is 19.8 Å². The van der Waals surface area contributed by atoms with E-state index >= 15 is 0 Å². The number of carbonyl (C=O) groups is 3. The summed E-state index contributed by atoms with van der Waals surface area (Å²) in [5, 5.41) is 0. The van der Waals surface area contributed by atoms with Crippen molar-refractivity contribution in [2.45, 2.75) is 6.92 Å². The molecule has 1 aliphatic heterocycles. The SMILES string of the molecule is CCOc1ccc(C(=O)CN2C(=O)COc3ccccc3C2=O)cc1. The number of fused-ring (bicyclic) bond motifs is 1. The van der Waals surface area contributed by atoms with E-state index in [2.05, 4.69) is 0 Å². The van der Waals surface area contributed by atoms with Crippen molar-refractivity contribution in [2.24, 2.45) is 0 Å². The van der Waals surface area contributed by atoms with Crippen LogP contribution in [0.2, 0.25) is 0 Å². The zero-order valence-corrected chi connectivity index (χ0v) is 13.7. The van der Waals surface area contributed by atoms with Gasteiger partial charge in [0.25, 0.3) is 11.8 Å². The van der Waals surface area contributed by atoms with Gasteiger partial charge >= 0.3 is 0 Å². The Kier molecular flexibility index (Phi) is 4.79. The predicted octanol–water partition coefficient (Wildman–Crippen LogP) is 2.33. The van der Waals surface area contributed by atoms with Crippen LogP contribution >= 0.6 is 0 Å².